The van der Waals surface area contributed by atoms with Crippen molar-refractivity contribution in [1.82, 2.24) is 9.62 Å². The maximum atomic E-state index is 12.4. The van der Waals surface area contributed by atoms with E-state index in [0.29, 0.717) is 17.8 Å². The Bertz CT molecular complexity index is 641. The van der Waals surface area contributed by atoms with E-state index < -0.39 is 16.1 Å². The predicted molar refractivity (Wildman–Crippen MR) is 83.4 cm³/mol. The predicted octanol–water partition coefficient (Wildman–Crippen LogP) is 1.03. The first-order valence-electron chi connectivity index (χ1n) is 6.74. The number of nitrogens with zero attached hydrogens (tertiary/aromatic N) is 1. The Hall–Kier alpha value is -1.60. The van der Waals surface area contributed by atoms with E-state index >= 15 is 0 Å². The highest BCUT2D eigenvalue weighted by molar-refractivity contribution is 7.89. The number of likely N-dealkylation sites (N-methyl/N-ethyl adjacent to an activating group) is 1. The number of nitrogens with one attached hydrogen (secondary N) is 1. The van der Waals surface area contributed by atoms with Gasteiger partial charge in [-0.25, -0.2) is 8.42 Å². The van der Waals surface area contributed by atoms with E-state index in [-0.39, 0.29) is 10.8 Å². The van der Waals surface area contributed by atoms with Crippen LogP contribution >= 0.6 is 0 Å². The molecule has 0 aromatic heterocycles. The first-order valence-corrected chi connectivity index (χ1v) is 8.22. The molecular weight excluding hydrogens is 290 g/mol. The number of carbonyl (C=O) groups is 1. The molecule has 1 unspecified atom stereocenters. The number of rotatable bonds is 5. The molecule has 1 atom stereocenters. The highest BCUT2D eigenvalue weighted by Crippen LogP contribution is 2.23. The van der Waals surface area contributed by atoms with Crippen LogP contribution < -0.4 is 10.5 Å². The minimum absolute atomic E-state index is 0.110. The number of carbonyl (C=O) groups excluding carboxylic acids is 1. The molecule has 0 bridgehead atoms. The second-order valence-electron chi connectivity index (χ2n) is 5.17. The number of hydrogen-bond acceptors (Lipinski definition) is 4. The van der Waals surface area contributed by atoms with Gasteiger partial charge in [-0.05, 0) is 51.0 Å². The molecule has 118 valence electrons. The van der Waals surface area contributed by atoms with Crippen LogP contribution in [-0.4, -0.2) is 38.9 Å². The van der Waals surface area contributed by atoms with E-state index in [2.05, 4.69) is 4.72 Å². The number of amides is 1. The lowest BCUT2D eigenvalue weighted by Crippen LogP contribution is -2.45. The van der Waals surface area contributed by atoms with Gasteiger partial charge in [-0.15, -0.1) is 0 Å². The van der Waals surface area contributed by atoms with E-state index in [4.69, 9.17) is 5.73 Å². The SMILES string of the molecule is CCN(C)C(=O)C(C)NS(=O)(=O)c1cc(C)cc(N)c1C. The highest BCUT2D eigenvalue weighted by Gasteiger charge is 2.25. The van der Waals surface area contributed by atoms with Crippen LogP contribution in [0.1, 0.15) is 25.0 Å². The van der Waals surface area contributed by atoms with Gasteiger partial charge in [-0.1, -0.05) is 0 Å². The van der Waals surface area contributed by atoms with Crippen molar-refractivity contribution in [3.63, 3.8) is 0 Å². The second-order valence-corrected chi connectivity index (χ2v) is 6.86. The highest BCUT2D eigenvalue weighted by atomic mass is 32.2. The van der Waals surface area contributed by atoms with E-state index in [0.717, 1.165) is 5.56 Å². The van der Waals surface area contributed by atoms with Crippen LogP contribution in [0.25, 0.3) is 0 Å². The average molecular weight is 313 g/mol. The van der Waals surface area contributed by atoms with Crippen molar-refractivity contribution >= 4 is 21.6 Å². The third-order valence-electron chi connectivity index (χ3n) is 3.39. The van der Waals surface area contributed by atoms with Gasteiger partial charge in [0, 0.05) is 19.3 Å². The van der Waals surface area contributed by atoms with Gasteiger partial charge in [0.15, 0.2) is 0 Å². The molecular formula is C14H23N3O3S. The van der Waals surface area contributed by atoms with Crippen LogP contribution in [0.15, 0.2) is 17.0 Å². The van der Waals surface area contributed by atoms with Gasteiger partial charge in [0.25, 0.3) is 0 Å². The van der Waals surface area contributed by atoms with Gasteiger partial charge in [0.1, 0.15) is 0 Å². The third-order valence-corrected chi connectivity index (χ3v) is 5.05. The Labute approximate surface area is 126 Å². The summed E-state index contributed by atoms with van der Waals surface area (Å²) in [6, 6.07) is 2.43. The Balaban J connectivity index is 3.11. The van der Waals surface area contributed by atoms with Crippen molar-refractivity contribution in [3.05, 3.63) is 23.3 Å². The molecule has 1 rings (SSSR count). The maximum absolute atomic E-state index is 12.4. The van der Waals surface area contributed by atoms with Gasteiger partial charge in [0.2, 0.25) is 15.9 Å². The second kappa shape index (κ2) is 6.44. The quantitative estimate of drug-likeness (QED) is 0.794. The minimum Gasteiger partial charge on any atom is -0.398 e. The third kappa shape index (κ3) is 3.95. The van der Waals surface area contributed by atoms with Crippen LogP contribution in [0.4, 0.5) is 5.69 Å². The number of nitrogen functional groups attached to an aromatic ring is 1. The van der Waals surface area contributed by atoms with Crippen molar-refractivity contribution in [2.24, 2.45) is 0 Å². The van der Waals surface area contributed by atoms with Crippen LogP contribution in [0.3, 0.4) is 0 Å². The zero-order valence-electron chi connectivity index (χ0n) is 13.1. The number of hydrogen-bond donors (Lipinski definition) is 2. The van der Waals surface area contributed by atoms with Gasteiger partial charge >= 0.3 is 0 Å². The summed E-state index contributed by atoms with van der Waals surface area (Å²) in [5.41, 5.74) is 7.46. The van der Waals surface area contributed by atoms with Crippen LogP contribution in [-0.2, 0) is 14.8 Å². The van der Waals surface area contributed by atoms with Crippen LogP contribution in [0, 0.1) is 13.8 Å². The van der Waals surface area contributed by atoms with E-state index in [1.807, 2.05) is 6.92 Å². The van der Waals surface area contributed by atoms with Gasteiger partial charge in [0.05, 0.1) is 10.9 Å². The first-order chi connectivity index (χ1) is 9.60. The molecule has 0 fully saturated rings. The molecule has 0 saturated heterocycles. The lowest BCUT2D eigenvalue weighted by Gasteiger charge is -2.21. The monoisotopic (exact) mass is 313 g/mol. The molecule has 21 heavy (non-hydrogen) atoms. The molecule has 0 radical (unpaired) electrons. The molecule has 6 nitrogen and oxygen atoms in total. The first kappa shape index (κ1) is 17.5. The Morgan fingerprint density at radius 3 is 2.48 bits per heavy atom. The summed E-state index contributed by atoms with van der Waals surface area (Å²) in [6.45, 7) is 7.29. The summed E-state index contributed by atoms with van der Waals surface area (Å²) in [7, 11) is -2.17. The van der Waals surface area contributed by atoms with Crippen LogP contribution in [0.2, 0.25) is 0 Å². The Kier molecular flexibility index (Phi) is 5.36. The molecule has 1 aromatic rings. The largest absolute Gasteiger partial charge is 0.398 e. The van der Waals surface area contributed by atoms with Crippen molar-refractivity contribution < 1.29 is 13.2 Å². The Morgan fingerprint density at radius 2 is 1.95 bits per heavy atom. The lowest BCUT2D eigenvalue weighted by molar-refractivity contribution is -0.131. The van der Waals surface area contributed by atoms with Gasteiger partial charge in [-0.3, -0.25) is 4.79 Å². The lowest BCUT2D eigenvalue weighted by atomic mass is 10.1. The number of benzene rings is 1. The topological polar surface area (TPSA) is 92.5 Å². The number of anilines is 1. The summed E-state index contributed by atoms with van der Waals surface area (Å²) in [5.74, 6) is -0.278. The fourth-order valence-corrected chi connectivity index (χ4v) is 3.52. The molecule has 1 aromatic carbocycles. The number of nitrogens with two attached hydrogens (primary N) is 1. The summed E-state index contributed by atoms with van der Waals surface area (Å²) < 4.78 is 27.3. The zero-order chi connectivity index (χ0) is 16.4. The van der Waals surface area contributed by atoms with E-state index in [9.17, 15) is 13.2 Å². The zero-order valence-corrected chi connectivity index (χ0v) is 13.9. The molecule has 0 saturated carbocycles. The molecule has 0 aliphatic heterocycles. The number of sulfonamides is 1. The fraction of sp³-hybridized carbons (Fsp3) is 0.500. The minimum atomic E-state index is -3.80. The van der Waals surface area contributed by atoms with Gasteiger partial charge < -0.3 is 10.6 Å². The normalized spacial score (nSPS) is 13.0. The molecule has 0 aliphatic carbocycles. The number of aryl methyl sites for hydroxylation is 1. The molecule has 0 heterocycles. The van der Waals surface area contributed by atoms with Crippen molar-refractivity contribution in [2.75, 3.05) is 19.3 Å². The molecule has 1 amide bonds. The molecule has 7 heteroatoms. The van der Waals surface area contributed by atoms with E-state index in [1.54, 1.807) is 33.0 Å². The molecule has 0 spiro atoms. The standard InChI is InChI=1S/C14H23N3O3S/c1-6-17(5)14(18)11(4)16-21(19,20)13-8-9(2)7-12(15)10(13)3/h7-8,11,16H,6,15H2,1-5H3. The maximum Gasteiger partial charge on any atom is 0.241 e. The summed E-state index contributed by atoms with van der Waals surface area (Å²) in [4.78, 5) is 13.5. The van der Waals surface area contributed by atoms with Crippen molar-refractivity contribution in [3.8, 4) is 0 Å². The average Bonchev–Trinajstić information content (AvgIpc) is 2.40. The summed E-state index contributed by atoms with van der Waals surface area (Å²) in [5, 5.41) is 0. The molecule has 3 N–H and O–H groups in total. The summed E-state index contributed by atoms with van der Waals surface area (Å²) >= 11 is 0. The van der Waals surface area contributed by atoms with Crippen LogP contribution in [0.5, 0.6) is 0 Å². The summed E-state index contributed by atoms with van der Waals surface area (Å²) in [6.07, 6.45) is 0. The van der Waals surface area contributed by atoms with Crippen molar-refractivity contribution in [2.45, 2.75) is 38.6 Å². The smallest absolute Gasteiger partial charge is 0.241 e. The Morgan fingerprint density at radius 1 is 1.38 bits per heavy atom. The van der Waals surface area contributed by atoms with Gasteiger partial charge in [-0.2, -0.15) is 4.72 Å². The molecule has 0 aliphatic rings. The fourth-order valence-electron chi connectivity index (χ4n) is 1.96. The van der Waals surface area contributed by atoms with Crippen molar-refractivity contribution in [1.29, 1.82) is 0 Å². The van der Waals surface area contributed by atoms with E-state index in [1.165, 1.54) is 11.8 Å².